The maximum absolute atomic E-state index is 12.7. The molecule has 0 saturated carbocycles. The van der Waals surface area contributed by atoms with Crippen LogP contribution in [0.15, 0.2) is 24.3 Å². The molecule has 0 atom stereocenters. The third kappa shape index (κ3) is 1.57. The smallest absolute Gasteiger partial charge is 0.340 e. The molecule has 1 aromatic carbocycles. The number of aromatic nitrogens is 1. The minimum absolute atomic E-state index is 0.229. The number of nitrogens with two attached hydrogens (primary N) is 1. The minimum Gasteiger partial charge on any atom is -0.340 e. The van der Waals surface area contributed by atoms with Crippen LogP contribution in [0, 0.1) is 0 Å². The third-order valence-electron chi connectivity index (χ3n) is 2.65. The highest BCUT2D eigenvalue weighted by atomic mass is 19.4. The molecule has 0 bridgehead atoms. The van der Waals surface area contributed by atoms with Crippen LogP contribution in [0.2, 0.25) is 0 Å². The summed E-state index contributed by atoms with van der Waals surface area (Å²) >= 11 is 0. The number of halogens is 3. The fraction of sp³-hybridized carbons (Fsp3) is 0.273. The van der Waals surface area contributed by atoms with E-state index in [0.717, 1.165) is 16.2 Å². The third-order valence-corrected chi connectivity index (χ3v) is 2.65. The number of fused-ring (bicyclic) bond motifs is 1. The highest BCUT2D eigenvalue weighted by molar-refractivity contribution is 5.84. The molecule has 1 heterocycles. The maximum atomic E-state index is 12.7. The van der Waals surface area contributed by atoms with Crippen molar-refractivity contribution in [2.45, 2.75) is 12.7 Å². The van der Waals surface area contributed by atoms with Gasteiger partial charge in [0.15, 0.2) is 0 Å². The van der Waals surface area contributed by atoms with Crippen molar-refractivity contribution in [3.8, 4) is 0 Å². The quantitative estimate of drug-likeness (QED) is 0.799. The summed E-state index contributed by atoms with van der Waals surface area (Å²) in [5, 5.41) is 0.567. The normalized spacial score (nSPS) is 12.3. The number of alkyl halides is 3. The zero-order chi connectivity index (χ0) is 11.9. The van der Waals surface area contributed by atoms with Gasteiger partial charge in [-0.25, -0.2) is 0 Å². The first kappa shape index (κ1) is 11.0. The molecule has 0 aliphatic carbocycles. The topological polar surface area (TPSA) is 30.9 Å². The summed E-state index contributed by atoms with van der Waals surface area (Å²) in [4.78, 5) is 0. The van der Waals surface area contributed by atoms with Gasteiger partial charge in [-0.3, -0.25) is 0 Å². The SMILES string of the molecule is Cn1c(C(F)(F)F)cc2cccc(CN)c21. The van der Waals surface area contributed by atoms with Gasteiger partial charge in [0.25, 0.3) is 0 Å². The van der Waals surface area contributed by atoms with Crippen molar-refractivity contribution < 1.29 is 13.2 Å². The zero-order valence-corrected chi connectivity index (χ0v) is 8.67. The largest absolute Gasteiger partial charge is 0.431 e. The van der Waals surface area contributed by atoms with Crippen LogP contribution in [0.4, 0.5) is 13.2 Å². The molecule has 0 radical (unpaired) electrons. The van der Waals surface area contributed by atoms with Crippen LogP contribution in [0.5, 0.6) is 0 Å². The summed E-state index contributed by atoms with van der Waals surface area (Å²) in [5.74, 6) is 0. The molecule has 86 valence electrons. The van der Waals surface area contributed by atoms with Crippen LogP contribution < -0.4 is 5.73 Å². The van der Waals surface area contributed by atoms with Gasteiger partial charge in [0.2, 0.25) is 0 Å². The molecule has 0 fully saturated rings. The lowest BCUT2D eigenvalue weighted by Gasteiger charge is -2.09. The number of benzene rings is 1. The number of aryl methyl sites for hydroxylation is 1. The lowest BCUT2D eigenvalue weighted by Crippen LogP contribution is -2.11. The average molecular weight is 228 g/mol. The first-order valence-corrected chi connectivity index (χ1v) is 4.79. The zero-order valence-electron chi connectivity index (χ0n) is 8.67. The van der Waals surface area contributed by atoms with Gasteiger partial charge >= 0.3 is 6.18 Å². The van der Waals surface area contributed by atoms with Crippen molar-refractivity contribution in [2.24, 2.45) is 12.8 Å². The Morgan fingerprint density at radius 3 is 2.56 bits per heavy atom. The molecule has 16 heavy (non-hydrogen) atoms. The lowest BCUT2D eigenvalue weighted by molar-refractivity contribution is -0.142. The maximum Gasteiger partial charge on any atom is 0.431 e. The summed E-state index contributed by atoms with van der Waals surface area (Å²) in [6.07, 6.45) is -4.33. The van der Waals surface area contributed by atoms with Crippen LogP contribution >= 0.6 is 0 Å². The van der Waals surface area contributed by atoms with Crippen LogP contribution in [-0.2, 0) is 19.8 Å². The van der Waals surface area contributed by atoms with E-state index in [1.165, 1.54) is 7.05 Å². The van der Waals surface area contributed by atoms with Crippen molar-refractivity contribution >= 4 is 10.9 Å². The fourth-order valence-electron chi connectivity index (χ4n) is 1.94. The van der Waals surface area contributed by atoms with Gasteiger partial charge in [-0.15, -0.1) is 0 Å². The van der Waals surface area contributed by atoms with Crippen molar-refractivity contribution in [1.82, 2.24) is 4.57 Å². The van der Waals surface area contributed by atoms with Crippen LogP contribution in [0.3, 0.4) is 0 Å². The molecule has 2 aromatic rings. The van der Waals surface area contributed by atoms with E-state index >= 15 is 0 Å². The second-order valence-corrected chi connectivity index (χ2v) is 3.65. The van der Waals surface area contributed by atoms with Gasteiger partial charge in [-0.2, -0.15) is 13.2 Å². The van der Waals surface area contributed by atoms with Gasteiger partial charge < -0.3 is 10.3 Å². The predicted octanol–water partition coefficient (Wildman–Crippen LogP) is 2.66. The summed E-state index contributed by atoms with van der Waals surface area (Å²) in [6.45, 7) is 0.229. The molecule has 0 unspecified atom stereocenters. The Balaban J connectivity index is 2.79. The van der Waals surface area contributed by atoms with Crippen LogP contribution in [0.25, 0.3) is 10.9 Å². The molecule has 0 saturated heterocycles. The van der Waals surface area contributed by atoms with Gasteiger partial charge in [0.05, 0.1) is 5.52 Å². The van der Waals surface area contributed by atoms with Crippen LogP contribution in [0.1, 0.15) is 11.3 Å². The molecule has 2 rings (SSSR count). The van der Waals surface area contributed by atoms with Crippen molar-refractivity contribution in [3.05, 3.63) is 35.5 Å². The van der Waals surface area contributed by atoms with Gasteiger partial charge in [0, 0.05) is 19.0 Å². The fourth-order valence-corrected chi connectivity index (χ4v) is 1.94. The molecule has 0 aliphatic heterocycles. The number of para-hydroxylation sites is 1. The van der Waals surface area contributed by atoms with E-state index in [9.17, 15) is 13.2 Å². The summed E-state index contributed by atoms with van der Waals surface area (Å²) in [5.41, 5.74) is 6.13. The van der Waals surface area contributed by atoms with Gasteiger partial charge in [-0.05, 0) is 11.6 Å². The number of hydrogen-bond acceptors (Lipinski definition) is 1. The van der Waals surface area contributed by atoms with Crippen molar-refractivity contribution in [3.63, 3.8) is 0 Å². The second-order valence-electron chi connectivity index (χ2n) is 3.65. The minimum atomic E-state index is -4.33. The standard InChI is InChI=1S/C11H11F3N2/c1-16-9(11(12,13)14)5-7-3-2-4-8(6-15)10(7)16/h2-5H,6,15H2,1H3. The number of nitrogens with zero attached hydrogens (tertiary/aromatic N) is 1. The van der Waals surface area contributed by atoms with E-state index in [1.54, 1.807) is 18.2 Å². The Hall–Kier alpha value is -1.49. The molecule has 0 amide bonds. The Morgan fingerprint density at radius 1 is 1.31 bits per heavy atom. The predicted molar refractivity (Wildman–Crippen MR) is 55.8 cm³/mol. The van der Waals surface area contributed by atoms with E-state index < -0.39 is 11.9 Å². The first-order chi connectivity index (χ1) is 7.45. The van der Waals surface area contributed by atoms with E-state index in [2.05, 4.69) is 0 Å². The average Bonchev–Trinajstić information content (AvgIpc) is 2.56. The summed E-state index contributed by atoms with van der Waals surface area (Å²) in [6, 6.07) is 6.26. The first-order valence-electron chi connectivity index (χ1n) is 4.79. The van der Waals surface area contributed by atoms with Gasteiger partial charge in [0.1, 0.15) is 5.69 Å². The highest BCUT2D eigenvalue weighted by Crippen LogP contribution is 2.34. The molecule has 0 spiro atoms. The summed E-state index contributed by atoms with van der Waals surface area (Å²) in [7, 11) is 1.41. The molecule has 5 heteroatoms. The molecule has 2 N–H and O–H groups in total. The van der Waals surface area contributed by atoms with E-state index in [0.29, 0.717) is 10.9 Å². The second kappa shape index (κ2) is 3.52. The molecular weight excluding hydrogens is 217 g/mol. The lowest BCUT2D eigenvalue weighted by atomic mass is 10.1. The monoisotopic (exact) mass is 228 g/mol. The molecular formula is C11H11F3N2. The van der Waals surface area contributed by atoms with Crippen LogP contribution in [-0.4, -0.2) is 4.57 Å². The van der Waals surface area contributed by atoms with E-state index in [-0.39, 0.29) is 6.54 Å². The molecule has 0 aliphatic rings. The summed E-state index contributed by atoms with van der Waals surface area (Å²) < 4.78 is 39.2. The Kier molecular flexibility index (Phi) is 2.42. The Labute approximate surface area is 90.5 Å². The van der Waals surface area contributed by atoms with E-state index in [1.807, 2.05) is 0 Å². The molecule has 1 aromatic heterocycles. The van der Waals surface area contributed by atoms with Crippen molar-refractivity contribution in [1.29, 1.82) is 0 Å². The van der Waals surface area contributed by atoms with Gasteiger partial charge in [-0.1, -0.05) is 18.2 Å². The Morgan fingerprint density at radius 2 is 2.00 bits per heavy atom. The number of rotatable bonds is 1. The molecule has 2 nitrogen and oxygen atoms in total. The number of hydrogen-bond donors (Lipinski definition) is 1. The highest BCUT2D eigenvalue weighted by Gasteiger charge is 2.34. The van der Waals surface area contributed by atoms with E-state index in [4.69, 9.17) is 5.73 Å². The van der Waals surface area contributed by atoms with Crippen molar-refractivity contribution in [2.75, 3.05) is 0 Å². The Bertz CT molecular complexity index is 526.